The summed E-state index contributed by atoms with van der Waals surface area (Å²) >= 11 is 0. The average molecular weight is 226 g/mol. The molecule has 0 aromatic rings. The van der Waals surface area contributed by atoms with E-state index < -0.39 is 5.97 Å². The second-order valence-corrected chi connectivity index (χ2v) is 4.74. The number of hydrogen-bond donors (Lipinski definition) is 2. The first-order valence-corrected chi connectivity index (χ1v) is 5.88. The van der Waals surface area contributed by atoms with Crippen molar-refractivity contribution in [2.75, 3.05) is 19.6 Å². The van der Waals surface area contributed by atoms with Gasteiger partial charge in [-0.15, -0.1) is 0 Å². The van der Waals surface area contributed by atoms with Crippen LogP contribution in [-0.4, -0.2) is 47.6 Å². The Morgan fingerprint density at radius 2 is 2.00 bits per heavy atom. The topological polar surface area (TPSA) is 69.6 Å². The van der Waals surface area contributed by atoms with Crippen LogP contribution in [0.2, 0.25) is 0 Å². The molecule has 2 aliphatic rings. The van der Waals surface area contributed by atoms with Crippen molar-refractivity contribution in [3.63, 3.8) is 0 Å². The predicted molar refractivity (Wildman–Crippen MR) is 58.0 cm³/mol. The summed E-state index contributed by atoms with van der Waals surface area (Å²) in [6, 6.07) is 0.643. The molecule has 1 heterocycles. The number of nitrogens with zero attached hydrogens (tertiary/aromatic N) is 1. The van der Waals surface area contributed by atoms with Crippen molar-refractivity contribution in [2.45, 2.75) is 31.7 Å². The predicted octanol–water partition coefficient (Wildman–Crippen LogP) is 0.0616. The van der Waals surface area contributed by atoms with Gasteiger partial charge in [0.1, 0.15) is 0 Å². The lowest BCUT2D eigenvalue weighted by Gasteiger charge is -2.38. The number of carbonyl (C=O) groups excluding carboxylic acids is 1. The van der Waals surface area contributed by atoms with Gasteiger partial charge in [0.05, 0.1) is 6.42 Å². The Morgan fingerprint density at radius 1 is 1.31 bits per heavy atom. The fourth-order valence-electron chi connectivity index (χ4n) is 1.98. The van der Waals surface area contributed by atoms with E-state index in [0.717, 1.165) is 6.54 Å². The summed E-state index contributed by atoms with van der Waals surface area (Å²) in [6.07, 6.45) is 3.19. The molecule has 0 unspecified atom stereocenters. The molecule has 0 atom stereocenters. The molecule has 1 amide bonds. The zero-order valence-electron chi connectivity index (χ0n) is 9.32. The van der Waals surface area contributed by atoms with E-state index in [1.54, 1.807) is 4.90 Å². The number of rotatable bonds is 6. The summed E-state index contributed by atoms with van der Waals surface area (Å²) in [6.45, 7) is 1.99. The molecular formula is C11H18N2O3. The lowest BCUT2D eigenvalue weighted by atomic mass is 9.96. The summed E-state index contributed by atoms with van der Waals surface area (Å²) in [4.78, 5) is 23.8. The number of carboxylic acid groups (broad SMARTS) is 1. The highest BCUT2D eigenvalue weighted by molar-refractivity contribution is 5.77. The van der Waals surface area contributed by atoms with Gasteiger partial charge < -0.3 is 15.3 Å². The highest BCUT2D eigenvalue weighted by Gasteiger charge is 2.31. The minimum Gasteiger partial charge on any atom is -0.481 e. The molecule has 16 heavy (non-hydrogen) atoms. The van der Waals surface area contributed by atoms with Crippen LogP contribution in [0.3, 0.4) is 0 Å². The molecule has 1 saturated heterocycles. The van der Waals surface area contributed by atoms with Gasteiger partial charge >= 0.3 is 5.97 Å². The number of amides is 1. The third-order valence-corrected chi connectivity index (χ3v) is 3.12. The van der Waals surface area contributed by atoms with Gasteiger partial charge in [-0.25, -0.2) is 0 Å². The Hall–Kier alpha value is -1.10. The molecule has 2 rings (SSSR count). The zero-order chi connectivity index (χ0) is 11.5. The highest BCUT2D eigenvalue weighted by Crippen LogP contribution is 2.20. The van der Waals surface area contributed by atoms with Crippen molar-refractivity contribution < 1.29 is 14.7 Å². The third-order valence-electron chi connectivity index (χ3n) is 3.12. The summed E-state index contributed by atoms with van der Waals surface area (Å²) < 4.78 is 0. The highest BCUT2D eigenvalue weighted by atomic mass is 16.4. The minimum atomic E-state index is -0.771. The Labute approximate surface area is 94.8 Å². The van der Waals surface area contributed by atoms with Gasteiger partial charge in [-0.1, -0.05) is 0 Å². The summed E-state index contributed by atoms with van der Waals surface area (Å²) in [5.41, 5.74) is 0. The van der Waals surface area contributed by atoms with Crippen LogP contribution in [0.25, 0.3) is 0 Å². The zero-order valence-corrected chi connectivity index (χ0v) is 9.32. The van der Waals surface area contributed by atoms with Crippen molar-refractivity contribution in [1.29, 1.82) is 0 Å². The van der Waals surface area contributed by atoms with Crippen LogP contribution in [0.5, 0.6) is 0 Å². The van der Waals surface area contributed by atoms with Crippen LogP contribution in [0, 0.1) is 5.92 Å². The van der Waals surface area contributed by atoms with Crippen LogP contribution in [0.1, 0.15) is 25.7 Å². The van der Waals surface area contributed by atoms with E-state index in [1.165, 1.54) is 12.8 Å². The number of nitrogens with one attached hydrogen (secondary N) is 1. The van der Waals surface area contributed by atoms with Crippen molar-refractivity contribution in [2.24, 2.45) is 5.92 Å². The van der Waals surface area contributed by atoms with Crippen LogP contribution in [0.4, 0.5) is 0 Å². The van der Waals surface area contributed by atoms with E-state index in [0.29, 0.717) is 25.6 Å². The monoisotopic (exact) mass is 226 g/mol. The van der Waals surface area contributed by atoms with Crippen molar-refractivity contribution in [3.05, 3.63) is 0 Å². The van der Waals surface area contributed by atoms with Gasteiger partial charge in [-0.05, 0) is 12.8 Å². The summed E-state index contributed by atoms with van der Waals surface area (Å²) in [5.74, 6) is -0.458. The molecule has 0 radical (unpaired) electrons. The van der Waals surface area contributed by atoms with E-state index in [1.807, 2.05) is 0 Å². The van der Waals surface area contributed by atoms with Gasteiger partial charge in [0, 0.05) is 38.0 Å². The van der Waals surface area contributed by atoms with Gasteiger partial charge in [0.15, 0.2) is 0 Å². The fraction of sp³-hybridized carbons (Fsp3) is 0.818. The summed E-state index contributed by atoms with van der Waals surface area (Å²) in [5, 5.41) is 11.9. The molecule has 0 bridgehead atoms. The first kappa shape index (κ1) is 11.4. The molecule has 1 saturated carbocycles. The molecule has 90 valence electrons. The van der Waals surface area contributed by atoms with Gasteiger partial charge in [0.2, 0.25) is 5.91 Å². The van der Waals surface area contributed by atoms with Crippen LogP contribution in [-0.2, 0) is 9.59 Å². The molecule has 5 heteroatoms. The molecule has 1 aliphatic carbocycles. The second-order valence-electron chi connectivity index (χ2n) is 4.74. The Balaban J connectivity index is 1.55. The Kier molecular flexibility index (Phi) is 3.43. The van der Waals surface area contributed by atoms with E-state index in [-0.39, 0.29) is 18.2 Å². The van der Waals surface area contributed by atoms with E-state index in [9.17, 15) is 9.59 Å². The lowest BCUT2D eigenvalue weighted by molar-refractivity contribution is -0.145. The standard InChI is InChI=1S/C11H18N2O3/c14-10(3-4-12-9-1-2-9)13-6-8(7-13)5-11(15)16/h8-9,12H,1-7H2,(H,15,16). The first-order chi connectivity index (χ1) is 7.65. The number of carbonyl (C=O) groups is 2. The van der Waals surface area contributed by atoms with Crippen molar-refractivity contribution >= 4 is 11.9 Å². The number of aliphatic carboxylic acids is 1. The number of carboxylic acids is 1. The third kappa shape index (κ3) is 3.20. The molecule has 0 aromatic heterocycles. The quantitative estimate of drug-likeness (QED) is 0.672. The maximum absolute atomic E-state index is 11.6. The van der Waals surface area contributed by atoms with Crippen LogP contribution in [0.15, 0.2) is 0 Å². The molecule has 2 fully saturated rings. The molecule has 0 spiro atoms. The maximum atomic E-state index is 11.6. The smallest absolute Gasteiger partial charge is 0.303 e. The summed E-state index contributed by atoms with van der Waals surface area (Å²) in [7, 11) is 0. The normalized spacial score (nSPS) is 20.6. The number of hydrogen-bond acceptors (Lipinski definition) is 3. The second kappa shape index (κ2) is 4.82. The van der Waals surface area contributed by atoms with Crippen LogP contribution < -0.4 is 5.32 Å². The Bertz CT molecular complexity index is 283. The van der Waals surface area contributed by atoms with Gasteiger partial charge in [-0.2, -0.15) is 0 Å². The van der Waals surface area contributed by atoms with Crippen molar-refractivity contribution in [1.82, 2.24) is 10.2 Å². The largest absolute Gasteiger partial charge is 0.481 e. The average Bonchev–Trinajstić information content (AvgIpc) is 2.93. The Morgan fingerprint density at radius 3 is 2.56 bits per heavy atom. The van der Waals surface area contributed by atoms with Crippen molar-refractivity contribution in [3.8, 4) is 0 Å². The van der Waals surface area contributed by atoms with Gasteiger partial charge in [0.25, 0.3) is 0 Å². The molecule has 2 N–H and O–H groups in total. The van der Waals surface area contributed by atoms with Gasteiger partial charge in [-0.3, -0.25) is 9.59 Å². The van der Waals surface area contributed by atoms with E-state index in [4.69, 9.17) is 5.11 Å². The molecular weight excluding hydrogens is 208 g/mol. The molecule has 0 aromatic carbocycles. The first-order valence-electron chi connectivity index (χ1n) is 5.88. The fourth-order valence-corrected chi connectivity index (χ4v) is 1.98. The minimum absolute atomic E-state index is 0.148. The SMILES string of the molecule is O=C(O)CC1CN(C(=O)CCNC2CC2)C1. The maximum Gasteiger partial charge on any atom is 0.303 e. The lowest BCUT2D eigenvalue weighted by Crippen LogP contribution is -2.51. The number of likely N-dealkylation sites (tertiary alicyclic amines) is 1. The molecule has 1 aliphatic heterocycles. The van der Waals surface area contributed by atoms with E-state index in [2.05, 4.69) is 5.32 Å². The van der Waals surface area contributed by atoms with Crippen LogP contribution >= 0.6 is 0 Å². The molecule has 5 nitrogen and oxygen atoms in total. The van der Waals surface area contributed by atoms with E-state index >= 15 is 0 Å².